The second-order valence-electron chi connectivity index (χ2n) is 3.30. The molecule has 0 fully saturated rings. The van der Waals surface area contributed by atoms with Crippen LogP contribution in [-0.4, -0.2) is 13.1 Å². The van der Waals surface area contributed by atoms with Crippen molar-refractivity contribution in [2.45, 2.75) is 12.8 Å². The van der Waals surface area contributed by atoms with Crippen LogP contribution in [0.3, 0.4) is 0 Å². The predicted molar refractivity (Wildman–Crippen MR) is 47.4 cm³/mol. The maximum Gasteiger partial charge on any atom is 0.0803 e. The van der Waals surface area contributed by atoms with Crippen molar-refractivity contribution in [3.05, 3.63) is 23.3 Å². The minimum atomic E-state index is 0.124. The number of allylic oxidation sites excluding steroid dienone is 1. The lowest BCUT2D eigenvalue weighted by Crippen LogP contribution is -2.32. The van der Waals surface area contributed by atoms with Crippen LogP contribution in [0.2, 0.25) is 0 Å². The Labute approximate surface area is 72.6 Å². The highest BCUT2D eigenvalue weighted by atomic mass is 14.9. The zero-order chi connectivity index (χ0) is 8.39. The lowest BCUT2D eigenvalue weighted by molar-refractivity contribution is 0.580. The van der Waals surface area contributed by atoms with E-state index in [9.17, 15) is 0 Å². The van der Waals surface area contributed by atoms with Gasteiger partial charge in [-0.3, -0.25) is 0 Å². The predicted octanol–water partition coefficient (Wildman–Crippen LogP) is 1.38. The molecule has 12 heavy (non-hydrogen) atoms. The van der Waals surface area contributed by atoms with E-state index in [1.807, 2.05) is 0 Å². The van der Waals surface area contributed by atoms with Gasteiger partial charge in [-0.1, -0.05) is 12.2 Å². The van der Waals surface area contributed by atoms with E-state index in [1.54, 1.807) is 0 Å². The van der Waals surface area contributed by atoms with Gasteiger partial charge in [-0.15, -0.1) is 0 Å². The highest BCUT2D eigenvalue weighted by molar-refractivity contribution is 5.36. The molecule has 0 amide bonds. The summed E-state index contributed by atoms with van der Waals surface area (Å²) in [4.78, 5) is 0. The summed E-state index contributed by atoms with van der Waals surface area (Å²) >= 11 is 0. The topological polar surface area (TPSA) is 35.8 Å². The Morgan fingerprint density at radius 1 is 1.58 bits per heavy atom. The molecule has 2 rings (SSSR count). The first-order valence-corrected chi connectivity index (χ1v) is 4.40. The van der Waals surface area contributed by atoms with E-state index >= 15 is 0 Å². The molecule has 1 heterocycles. The van der Waals surface area contributed by atoms with Crippen LogP contribution < -0.4 is 5.32 Å². The molecule has 0 bridgehead atoms. The van der Waals surface area contributed by atoms with Crippen molar-refractivity contribution in [2.24, 2.45) is 5.92 Å². The van der Waals surface area contributed by atoms with Crippen molar-refractivity contribution in [2.75, 3.05) is 13.1 Å². The Bertz CT molecular complexity index is 281. The largest absolute Gasteiger partial charge is 0.311 e. The first-order chi connectivity index (χ1) is 5.92. The summed E-state index contributed by atoms with van der Waals surface area (Å²) < 4.78 is 0. The van der Waals surface area contributed by atoms with Crippen molar-refractivity contribution in [1.29, 1.82) is 5.26 Å². The first-order valence-electron chi connectivity index (χ1n) is 4.40. The Morgan fingerprint density at radius 3 is 3.33 bits per heavy atom. The van der Waals surface area contributed by atoms with Gasteiger partial charge in [-0.2, -0.15) is 5.26 Å². The van der Waals surface area contributed by atoms with Gasteiger partial charge < -0.3 is 5.32 Å². The standard InChI is InChI=1S/C10H12N2/c11-5-9-7-12-6-8-3-1-2-4-10(8)9/h1,3,9,12H,2,4,6-7H2. The highest BCUT2D eigenvalue weighted by Gasteiger charge is 2.21. The number of hydrogen-bond donors (Lipinski definition) is 1. The molecule has 0 aromatic carbocycles. The number of nitriles is 1. The van der Waals surface area contributed by atoms with Crippen LogP contribution in [-0.2, 0) is 0 Å². The van der Waals surface area contributed by atoms with Crippen LogP contribution in [0.1, 0.15) is 12.8 Å². The second-order valence-corrected chi connectivity index (χ2v) is 3.30. The minimum absolute atomic E-state index is 0.124. The monoisotopic (exact) mass is 160 g/mol. The molecule has 2 heteroatoms. The first kappa shape index (κ1) is 7.57. The van der Waals surface area contributed by atoms with Crippen LogP contribution in [0.4, 0.5) is 0 Å². The van der Waals surface area contributed by atoms with E-state index in [0.29, 0.717) is 0 Å². The molecule has 2 aliphatic rings. The average Bonchev–Trinajstić information content (AvgIpc) is 2.17. The smallest absolute Gasteiger partial charge is 0.0803 e. The number of hydrogen-bond acceptors (Lipinski definition) is 2. The van der Waals surface area contributed by atoms with E-state index < -0.39 is 0 Å². The van der Waals surface area contributed by atoms with E-state index in [4.69, 9.17) is 5.26 Å². The summed E-state index contributed by atoms with van der Waals surface area (Å²) in [6, 6.07) is 2.35. The molecule has 0 saturated heterocycles. The molecule has 1 unspecified atom stereocenters. The van der Waals surface area contributed by atoms with E-state index in [-0.39, 0.29) is 5.92 Å². The Kier molecular flexibility index (Phi) is 1.97. The van der Waals surface area contributed by atoms with Crippen molar-refractivity contribution in [3.8, 4) is 6.07 Å². The van der Waals surface area contributed by atoms with Gasteiger partial charge in [0, 0.05) is 13.1 Å². The van der Waals surface area contributed by atoms with Crippen LogP contribution in [0, 0.1) is 17.2 Å². The SMILES string of the molecule is N#CC1CNCC2=C1CCC=C2. The maximum absolute atomic E-state index is 8.88. The minimum Gasteiger partial charge on any atom is -0.311 e. The fourth-order valence-electron chi connectivity index (χ4n) is 1.90. The van der Waals surface area contributed by atoms with Gasteiger partial charge in [-0.25, -0.2) is 0 Å². The molecule has 1 aliphatic heterocycles. The number of nitrogens with one attached hydrogen (secondary N) is 1. The maximum atomic E-state index is 8.88. The average molecular weight is 160 g/mol. The Hall–Kier alpha value is -1.07. The summed E-state index contributed by atoms with van der Waals surface area (Å²) in [5.41, 5.74) is 2.72. The third kappa shape index (κ3) is 1.17. The van der Waals surface area contributed by atoms with E-state index in [1.165, 1.54) is 11.1 Å². The van der Waals surface area contributed by atoms with Crippen molar-refractivity contribution >= 4 is 0 Å². The summed E-state index contributed by atoms with van der Waals surface area (Å²) in [6.45, 7) is 1.78. The zero-order valence-corrected chi connectivity index (χ0v) is 7.01. The molecular weight excluding hydrogens is 148 g/mol. The summed E-state index contributed by atoms with van der Waals surface area (Å²) in [7, 11) is 0. The third-order valence-corrected chi connectivity index (χ3v) is 2.55. The molecule has 62 valence electrons. The fourth-order valence-corrected chi connectivity index (χ4v) is 1.90. The second kappa shape index (κ2) is 3.12. The van der Waals surface area contributed by atoms with Gasteiger partial charge >= 0.3 is 0 Å². The van der Waals surface area contributed by atoms with Crippen molar-refractivity contribution < 1.29 is 0 Å². The zero-order valence-electron chi connectivity index (χ0n) is 7.01. The highest BCUT2D eigenvalue weighted by Crippen LogP contribution is 2.27. The number of nitrogens with zero attached hydrogens (tertiary/aromatic N) is 1. The lowest BCUT2D eigenvalue weighted by Gasteiger charge is -2.25. The van der Waals surface area contributed by atoms with Crippen LogP contribution in [0.5, 0.6) is 0 Å². The van der Waals surface area contributed by atoms with Crippen LogP contribution >= 0.6 is 0 Å². The van der Waals surface area contributed by atoms with Gasteiger partial charge in [0.15, 0.2) is 0 Å². The van der Waals surface area contributed by atoms with Gasteiger partial charge in [0.2, 0.25) is 0 Å². The Balaban J connectivity index is 2.31. The molecular formula is C10H12N2. The molecule has 0 saturated carbocycles. The van der Waals surface area contributed by atoms with E-state index in [2.05, 4.69) is 23.5 Å². The van der Waals surface area contributed by atoms with Gasteiger partial charge in [0.1, 0.15) is 0 Å². The van der Waals surface area contributed by atoms with Crippen LogP contribution in [0.25, 0.3) is 0 Å². The van der Waals surface area contributed by atoms with Gasteiger partial charge in [0.05, 0.1) is 12.0 Å². The molecule has 1 aliphatic carbocycles. The molecule has 1 N–H and O–H groups in total. The molecule has 0 aromatic rings. The summed E-state index contributed by atoms with van der Waals surface area (Å²) in [5, 5.41) is 12.1. The summed E-state index contributed by atoms with van der Waals surface area (Å²) in [5.74, 6) is 0.124. The van der Waals surface area contributed by atoms with Crippen LogP contribution in [0.15, 0.2) is 23.3 Å². The van der Waals surface area contributed by atoms with Crippen molar-refractivity contribution in [1.82, 2.24) is 5.32 Å². The Morgan fingerprint density at radius 2 is 2.50 bits per heavy atom. The lowest BCUT2D eigenvalue weighted by atomic mass is 9.85. The fraction of sp³-hybridized carbons (Fsp3) is 0.500. The molecule has 1 atom stereocenters. The van der Waals surface area contributed by atoms with Gasteiger partial charge in [-0.05, 0) is 24.0 Å². The molecule has 0 radical (unpaired) electrons. The molecule has 2 nitrogen and oxygen atoms in total. The number of rotatable bonds is 0. The van der Waals surface area contributed by atoms with E-state index in [0.717, 1.165) is 25.9 Å². The third-order valence-electron chi connectivity index (χ3n) is 2.55. The normalized spacial score (nSPS) is 28.1. The molecule has 0 spiro atoms. The molecule has 0 aromatic heterocycles. The quantitative estimate of drug-likeness (QED) is 0.581. The summed E-state index contributed by atoms with van der Waals surface area (Å²) in [6.07, 6.45) is 6.55. The van der Waals surface area contributed by atoms with Gasteiger partial charge in [0.25, 0.3) is 0 Å². The van der Waals surface area contributed by atoms with Crippen molar-refractivity contribution in [3.63, 3.8) is 0 Å².